The second kappa shape index (κ2) is 11.9. The Kier molecular flexibility index (Phi) is 8.40. The maximum atomic E-state index is 13.0. The third-order valence-corrected chi connectivity index (χ3v) is 7.55. The van der Waals surface area contributed by atoms with E-state index in [0.29, 0.717) is 22.8 Å². The van der Waals surface area contributed by atoms with Gasteiger partial charge < -0.3 is 15.4 Å². The predicted octanol–water partition coefficient (Wildman–Crippen LogP) is 6.89. The zero-order valence-corrected chi connectivity index (χ0v) is 21.9. The lowest BCUT2D eigenvalue weighted by molar-refractivity contribution is -0.115. The maximum Gasteiger partial charge on any atom is 0.255 e. The molecule has 0 aliphatic carbocycles. The molecule has 0 radical (unpaired) electrons. The van der Waals surface area contributed by atoms with Crippen molar-refractivity contribution in [3.05, 3.63) is 89.3 Å². The fraction of sp³-hybridized carbons (Fsp3) is 0.179. The van der Waals surface area contributed by atoms with Crippen LogP contribution in [0.3, 0.4) is 0 Å². The van der Waals surface area contributed by atoms with E-state index >= 15 is 0 Å². The number of amides is 2. The van der Waals surface area contributed by atoms with Gasteiger partial charge in [-0.05, 0) is 67.9 Å². The molecule has 2 N–H and O–H groups in total. The monoisotopic (exact) mass is 517 g/mol. The molecule has 0 fully saturated rings. The molecule has 1 aromatic heterocycles. The van der Waals surface area contributed by atoms with Gasteiger partial charge in [-0.3, -0.25) is 9.59 Å². The molecule has 4 aromatic rings. The van der Waals surface area contributed by atoms with Crippen LogP contribution in [0, 0.1) is 6.92 Å². The molecule has 4 rings (SSSR count). The van der Waals surface area contributed by atoms with Crippen LogP contribution in [0.15, 0.2) is 83.1 Å². The van der Waals surface area contributed by atoms with Gasteiger partial charge in [0.05, 0.1) is 18.1 Å². The number of nitrogens with zero attached hydrogens (tertiary/aromatic N) is 1. The van der Waals surface area contributed by atoms with Gasteiger partial charge in [-0.25, -0.2) is 4.98 Å². The van der Waals surface area contributed by atoms with Crippen LogP contribution >= 0.6 is 23.1 Å². The van der Waals surface area contributed by atoms with Crippen molar-refractivity contribution in [1.82, 2.24) is 4.98 Å². The number of nitrogens with one attached hydrogen (secondary N) is 2. The molecule has 0 aliphatic heterocycles. The van der Waals surface area contributed by atoms with Gasteiger partial charge in [-0.15, -0.1) is 23.1 Å². The van der Waals surface area contributed by atoms with Crippen LogP contribution < -0.4 is 15.4 Å². The van der Waals surface area contributed by atoms with E-state index in [9.17, 15) is 9.59 Å². The topological polar surface area (TPSA) is 80.3 Å². The molecule has 3 aromatic carbocycles. The Morgan fingerprint density at radius 2 is 1.81 bits per heavy atom. The number of methoxy groups -OCH3 is 1. The number of rotatable bonds is 9. The molecule has 1 atom stereocenters. The Labute approximate surface area is 219 Å². The van der Waals surface area contributed by atoms with Gasteiger partial charge in [-0.1, -0.05) is 30.7 Å². The van der Waals surface area contributed by atoms with E-state index in [1.165, 1.54) is 23.1 Å². The number of carbonyl (C=O) groups is 2. The van der Waals surface area contributed by atoms with Crippen molar-refractivity contribution in [2.24, 2.45) is 0 Å². The highest BCUT2D eigenvalue weighted by Gasteiger charge is 2.20. The SMILES string of the molecule is CCC(Sc1cccc(NC(=O)c2cccc(C)c2)c1)C(=O)Nc1nc(-c2ccc(OC)cc2)cs1. The number of thioether (sulfide) groups is 1. The Morgan fingerprint density at radius 3 is 2.53 bits per heavy atom. The summed E-state index contributed by atoms with van der Waals surface area (Å²) in [6.07, 6.45) is 0.646. The fourth-order valence-corrected chi connectivity index (χ4v) is 5.27. The highest BCUT2D eigenvalue weighted by atomic mass is 32.2. The van der Waals surface area contributed by atoms with Gasteiger partial charge in [0, 0.05) is 27.1 Å². The largest absolute Gasteiger partial charge is 0.497 e. The van der Waals surface area contributed by atoms with Gasteiger partial charge in [0.25, 0.3) is 5.91 Å². The zero-order valence-electron chi connectivity index (χ0n) is 20.3. The van der Waals surface area contributed by atoms with Crippen molar-refractivity contribution in [3.8, 4) is 17.0 Å². The van der Waals surface area contributed by atoms with Crippen LogP contribution in [0.5, 0.6) is 5.75 Å². The van der Waals surface area contributed by atoms with E-state index in [1.807, 2.05) is 86.0 Å². The van der Waals surface area contributed by atoms with Gasteiger partial charge in [0.2, 0.25) is 5.91 Å². The van der Waals surface area contributed by atoms with Crippen molar-refractivity contribution in [2.45, 2.75) is 30.4 Å². The van der Waals surface area contributed by atoms with Crippen molar-refractivity contribution in [2.75, 3.05) is 17.7 Å². The maximum absolute atomic E-state index is 13.0. The van der Waals surface area contributed by atoms with Crippen molar-refractivity contribution in [3.63, 3.8) is 0 Å². The molecular formula is C28H27N3O3S2. The second-order valence-corrected chi connectivity index (χ2v) is 10.3. The summed E-state index contributed by atoms with van der Waals surface area (Å²) in [6, 6.07) is 22.6. The summed E-state index contributed by atoms with van der Waals surface area (Å²) < 4.78 is 5.20. The predicted molar refractivity (Wildman–Crippen MR) is 148 cm³/mol. The van der Waals surface area contributed by atoms with E-state index < -0.39 is 0 Å². The number of aromatic nitrogens is 1. The van der Waals surface area contributed by atoms with Gasteiger partial charge in [0.1, 0.15) is 5.75 Å². The first-order valence-corrected chi connectivity index (χ1v) is 13.3. The molecule has 36 heavy (non-hydrogen) atoms. The molecule has 1 heterocycles. The zero-order chi connectivity index (χ0) is 25.5. The number of aryl methyl sites for hydroxylation is 1. The highest BCUT2D eigenvalue weighted by molar-refractivity contribution is 8.00. The number of anilines is 2. The van der Waals surface area contributed by atoms with E-state index in [-0.39, 0.29) is 17.1 Å². The molecular weight excluding hydrogens is 490 g/mol. The molecule has 1 unspecified atom stereocenters. The first-order valence-electron chi connectivity index (χ1n) is 11.5. The summed E-state index contributed by atoms with van der Waals surface area (Å²) in [5.74, 6) is 0.513. The lowest BCUT2D eigenvalue weighted by atomic mass is 10.1. The Hall–Kier alpha value is -3.62. The minimum absolute atomic E-state index is 0.104. The molecule has 0 bridgehead atoms. The van der Waals surface area contributed by atoms with E-state index in [4.69, 9.17) is 4.74 Å². The number of benzene rings is 3. The third-order valence-electron chi connectivity index (χ3n) is 5.43. The third kappa shape index (κ3) is 6.53. The first kappa shape index (κ1) is 25.5. The summed E-state index contributed by atoms with van der Waals surface area (Å²) in [4.78, 5) is 31.1. The van der Waals surface area contributed by atoms with Crippen LogP contribution in [0.25, 0.3) is 11.3 Å². The second-order valence-electron chi connectivity index (χ2n) is 8.12. The quantitative estimate of drug-likeness (QED) is 0.236. The van der Waals surface area contributed by atoms with Crippen LogP contribution in [-0.4, -0.2) is 29.2 Å². The average Bonchev–Trinajstić information content (AvgIpc) is 3.36. The first-order chi connectivity index (χ1) is 17.4. The smallest absolute Gasteiger partial charge is 0.255 e. The molecule has 2 amide bonds. The lowest BCUT2D eigenvalue weighted by Gasteiger charge is -2.14. The lowest BCUT2D eigenvalue weighted by Crippen LogP contribution is -2.24. The Balaban J connectivity index is 1.39. The number of hydrogen-bond acceptors (Lipinski definition) is 6. The average molecular weight is 518 g/mol. The molecule has 8 heteroatoms. The van der Waals surface area contributed by atoms with Gasteiger partial charge in [0.15, 0.2) is 5.13 Å². The number of hydrogen-bond donors (Lipinski definition) is 2. The minimum Gasteiger partial charge on any atom is -0.497 e. The van der Waals surface area contributed by atoms with Crippen LogP contribution in [0.4, 0.5) is 10.8 Å². The highest BCUT2D eigenvalue weighted by Crippen LogP contribution is 2.30. The van der Waals surface area contributed by atoms with Crippen molar-refractivity contribution < 1.29 is 14.3 Å². The number of thiazole rings is 1. The molecule has 0 spiro atoms. The summed E-state index contributed by atoms with van der Waals surface area (Å²) in [6.45, 7) is 3.93. The molecule has 6 nitrogen and oxygen atoms in total. The molecule has 0 aliphatic rings. The van der Waals surface area contributed by atoms with Gasteiger partial charge in [-0.2, -0.15) is 0 Å². The minimum atomic E-state index is -0.305. The van der Waals surface area contributed by atoms with E-state index in [2.05, 4.69) is 15.6 Å². The molecule has 0 saturated heterocycles. The van der Waals surface area contributed by atoms with E-state index in [1.54, 1.807) is 13.2 Å². The molecule has 0 saturated carbocycles. The van der Waals surface area contributed by atoms with E-state index in [0.717, 1.165) is 27.5 Å². The normalized spacial score (nSPS) is 11.5. The summed E-state index contributed by atoms with van der Waals surface area (Å²) in [7, 11) is 1.63. The Bertz CT molecular complexity index is 1350. The number of carbonyl (C=O) groups excluding carboxylic acids is 2. The van der Waals surface area contributed by atoms with Crippen molar-refractivity contribution >= 4 is 45.7 Å². The summed E-state index contributed by atoms with van der Waals surface area (Å²) >= 11 is 2.86. The fourth-order valence-electron chi connectivity index (χ4n) is 3.53. The molecule has 184 valence electrons. The Morgan fingerprint density at radius 1 is 1.03 bits per heavy atom. The van der Waals surface area contributed by atoms with Crippen LogP contribution in [-0.2, 0) is 4.79 Å². The standard InChI is InChI=1S/C28H27N3O3S2/c1-4-25(27(33)31-28-30-24(17-35-28)19-11-13-22(34-3)14-12-19)36-23-10-6-9-21(16-23)29-26(32)20-8-5-7-18(2)15-20/h5-17,25H,4H2,1-3H3,(H,29,32)(H,30,31,33). The summed E-state index contributed by atoms with van der Waals surface area (Å²) in [5, 5.41) is 8.07. The van der Waals surface area contributed by atoms with Crippen molar-refractivity contribution in [1.29, 1.82) is 0 Å². The van der Waals surface area contributed by atoms with Gasteiger partial charge >= 0.3 is 0 Å². The van der Waals surface area contributed by atoms with Crippen LogP contribution in [0.1, 0.15) is 29.3 Å². The number of ether oxygens (including phenoxy) is 1. The summed E-state index contributed by atoms with van der Waals surface area (Å²) in [5.41, 5.74) is 4.08. The van der Waals surface area contributed by atoms with Crippen LogP contribution in [0.2, 0.25) is 0 Å².